The number of pyridine rings is 1. The number of anilines is 1. The van der Waals surface area contributed by atoms with E-state index in [4.69, 9.17) is 9.47 Å². The highest BCUT2D eigenvalue weighted by molar-refractivity contribution is 7.89. The van der Waals surface area contributed by atoms with Crippen LogP contribution in [-0.2, 0) is 14.8 Å². The zero-order chi connectivity index (χ0) is 21.8. The Morgan fingerprint density at radius 1 is 1.13 bits per heavy atom. The minimum Gasteiger partial charge on any atom is -0.439 e. The van der Waals surface area contributed by atoms with Gasteiger partial charge in [0.05, 0.1) is 25.1 Å². The van der Waals surface area contributed by atoms with E-state index in [0.717, 1.165) is 11.3 Å². The summed E-state index contributed by atoms with van der Waals surface area (Å²) in [5, 5.41) is 4.22. The van der Waals surface area contributed by atoms with Crippen LogP contribution in [0.2, 0.25) is 0 Å². The molecule has 3 heterocycles. The van der Waals surface area contributed by atoms with Crippen molar-refractivity contribution < 1.29 is 27.1 Å². The van der Waals surface area contributed by atoms with Gasteiger partial charge in [0.1, 0.15) is 21.3 Å². The molecule has 31 heavy (non-hydrogen) atoms. The molecule has 1 N–H and O–H groups in total. The van der Waals surface area contributed by atoms with Crippen LogP contribution in [-0.4, -0.2) is 49.9 Å². The van der Waals surface area contributed by atoms with E-state index in [9.17, 15) is 17.6 Å². The molecule has 4 rings (SSSR count). The number of nitrogens with zero attached hydrogens (tertiary/aromatic N) is 2. The number of nitrogens with one attached hydrogen (secondary N) is 1. The lowest BCUT2D eigenvalue weighted by molar-refractivity contribution is 0.0730. The van der Waals surface area contributed by atoms with Gasteiger partial charge in [0.2, 0.25) is 15.9 Å². The maximum Gasteiger partial charge on any atom is 0.267 e. The number of halogens is 1. The number of aromatic nitrogens is 1. The van der Waals surface area contributed by atoms with Crippen LogP contribution in [0.3, 0.4) is 0 Å². The molecular weight excluding hydrogens is 445 g/mol. The normalized spacial score (nSPS) is 14.9. The molecule has 1 amide bonds. The molecule has 0 atom stereocenters. The van der Waals surface area contributed by atoms with Crippen LogP contribution >= 0.6 is 11.3 Å². The number of thiophene rings is 1. The number of carbonyl (C=O) groups is 1. The van der Waals surface area contributed by atoms with Crippen LogP contribution in [0, 0.1) is 5.82 Å². The van der Waals surface area contributed by atoms with Gasteiger partial charge in [-0.25, -0.2) is 17.8 Å². The van der Waals surface area contributed by atoms with Crippen molar-refractivity contribution >= 4 is 33.0 Å². The molecule has 0 spiro atoms. The Hall–Kier alpha value is -2.86. The van der Waals surface area contributed by atoms with Gasteiger partial charge < -0.3 is 14.8 Å². The van der Waals surface area contributed by atoms with Crippen LogP contribution in [0.15, 0.2) is 58.9 Å². The third kappa shape index (κ3) is 4.90. The second-order valence-corrected chi connectivity index (χ2v) is 9.35. The van der Waals surface area contributed by atoms with Crippen molar-refractivity contribution in [2.45, 2.75) is 4.90 Å². The van der Waals surface area contributed by atoms with Crippen molar-refractivity contribution in [3.05, 3.63) is 64.7 Å². The number of hydrogen-bond acceptors (Lipinski definition) is 7. The van der Waals surface area contributed by atoms with Crippen LogP contribution in [0.5, 0.6) is 11.6 Å². The summed E-state index contributed by atoms with van der Waals surface area (Å²) in [5.74, 6) is -0.240. The largest absolute Gasteiger partial charge is 0.439 e. The number of benzene rings is 1. The number of amides is 1. The first-order valence-corrected chi connectivity index (χ1v) is 11.6. The average molecular weight is 464 g/mol. The Kier molecular flexibility index (Phi) is 6.28. The van der Waals surface area contributed by atoms with E-state index in [1.807, 2.05) is 0 Å². The van der Waals surface area contributed by atoms with Crippen LogP contribution in [0.4, 0.5) is 10.1 Å². The fraction of sp³-hybridized carbons (Fsp3) is 0.200. The molecule has 1 aromatic carbocycles. The van der Waals surface area contributed by atoms with Crippen molar-refractivity contribution in [2.24, 2.45) is 0 Å². The van der Waals surface area contributed by atoms with Gasteiger partial charge in [0.25, 0.3) is 5.91 Å². The van der Waals surface area contributed by atoms with Crippen molar-refractivity contribution in [1.82, 2.24) is 9.29 Å². The summed E-state index contributed by atoms with van der Waals surface area (Å²) < 4.78 is 50.8. The first-order valence-electron chi connectivity index (χ1n) is 9.30. The topological polar surface area (TPSA) is 97.8 Å². The summed E-state index contributed by atoms with van der Waals surface area (Å²) in [7, 11) is -3.79. The number of ether oxygens (including phenoxy) is 2. The summed E-state index contributed by atoms with van der Waals surface area (Å²) in [6.07, 6.45) is 1.39. The molecule has 2 aromatic heterocycles. The SMILES string of the molecule is O=C(Nc1ccc(Oc2ccc(F)cc2)nc1)c1sccc1S(=O)(=O)N1CCOCC1. The van der Waals surface area contributed by atoms with Gasteiger partial charge in [-0.3, -0.25) is 4.79 Å². The van der Waals surface area contributed by atoms with Gasteiger partial charge in [-0.05, 0) is 41.8 Å². The number of sulfonamides is 1. The molecule has 8 nitrogen and oxygen atoms in total. The number of rotatable bonds is 6. The molecule has 1 saturated heterocycles. The Morgan fingerprint density at radius 3 is 2.55 bits per heavy atom. The van der Waals surface area contributed by atoms with Crippen LogP contribution in [0.1, 0.15) is 9.67 Å². The lowest BCUT2D eigenvalue weighted by atomic mass is 10.3. The van der Waals surface area contributed by atoms with Gasteiger partial charge in [-0.1, -0.05) is 0 Å². The smallest absolute Gasteiger partial charge is 0.267 e. The zero-order valence-electron chi connectivity index (χ0n) is 16.2. The molecular formula is C20H18FN3O5S2. The fourth-order valence-corrected chi connectivity index (χ4v) is 5.62. The van der Waals surface area contributed by atoms with E-state index in [1.165, 1.54) is 40.8 Å². The van der Waals surface area contributed by atoms with Crippen molar-refractivity contribution in [3.63, 3.8) is 0 Å². The molecule has 3 aromatic rings. The minimum absolute atomic E-state index is 0.0267. The molecule has 1 aliphatic heterocycles. The Bertz CT molecular complexity index is 1160. The van der Waals surface area contributed by atoms with E-state index in [2.05, 4.69) is 10.3 Å². The predicted molar refractivity (Wildman–Crippen MR) is 113 cm³/mol. The lowest BCUT2D eigenvalue weighted by Crippen LogP contribution is -2.41. The average Bonchev–Trinajstić information content (AvgIpc) is 3.28. The maximum absolute atomic E-state index is 13.0. The van der Waals surface area contributed by atoms with E-state index < -0.39 is 15.9 Å². The first-order chi connectivity index (χ1) is 14.9. The number of morpholine rings is 1. The Balaban J connectivity index is 1.45. The lowest BCUT2D eigenvalue weighted by Gasteiger charge is -2.26. The van der Waals surface area contributed by atoms with Crippen molar-refractivity contribution in [2.75, 3.05) is 31.6 Å². The highest BCUT2D eigenvalue weighted by atomic mass is 32.2. The number of carbonyl (C=O) groups excluding carboxylic acids is 1. The molecule has 0 saturated carbocycles. The summed E-state index contributed by atoms with van der Waals surface area (Å²) >= 11 is 1.05. The fourth-order valence-electron chi connectivity index (χ4n) is 2.92. The van der Waals surface area contributed by atoms with E-state index in [-0.39, 0.29) is 34.6 Å². The van der Waals surface area contributed by atoms with Crippen LogP contribution in [0.25, 0.3) is 0 Å². The van der Waals surface area contributed by atoms with Gasteiger partial charge in [-0.15, -0.1) is 11.3 Å². The monoisotopic (exact) mass is 463 g/mol. The molecule has 0 bridgehead atoms. The zero-order valence-corrected chi connectivity index (χ0v) is 17.8. The summed E-state index contributed by atoms with van der Waals surface area (Å²) in [4.78, 5) is 16.9. The Labute approximate surface area is 182 Å². The summed E-state index contributed by atoms with van der Waals surface area (Å²) in [6, 6.07) is 10.0. The molecule has 0 radical (unpaired) electrons. The highest BCUT2D eigenvalue weighted by Crippen LogP contribution is 2.27. The van der Waals surface area contributed by atoms with Gasteiger partial charge in [0.15, 0.2) is 0 Å². The highest BCUT2D eigenvalue weighted by Gasteiger charge is 2.31. The standard InChI is InChI=1S/C20H18FN3O5S2/c21-14-1-4-16(5-2-14)29-18-6-3-15(13-22-18)23-20(25)19-17(7-12-30-19)31(26,27)24-8-10-28-11-9-24/h1-7,12-13H,8-11H2,(H,23,25). The van der Waals surface area contributed by atoms with Gasteiger partial charge >= 0.3 is 0 Å². The molecule has 162 valence electrons. The molecule has 0 aliphatic carbocycles. The van der Waals surface area contributed by atoms with E-state index >= 15 is 0 Å². The van der Waals surface area contributed by atoms with Crippen LogP contribution < -0.4 is 10.1 Å². The molecule has 11 heteroatoms. The third-order valence-corrected chi connectivity index (χ3v) is 7.44. The summed E-state index contributed by atoms with van der Waals surface area (Å²) in [5.41, 5.74) is 0.375. The second kappa shape index (κ2) is 9.10. The maximum atomic E-state index is 13.0. The summed E-state index contributed by atoms with van der Waals surface area (Å²) in [6.45, 7) is 1.14. The first kappa shape index (κ1) is 21.4. The van der Waals surface area contributed by atoms with Crippen molar-refractivity contribution in [1.29, 1.82) is 0 Å². The van der Waals surface area contributed by atoms with Crippen molar-refractivity contribution in [3.8, 4) is 11.6 Å². The number of hydrogen-bond donors (Lipinski definition) is 1. The molecule has 1 aliphatic rings. The van der Waals surface area contributed by atoms with Gasteiger partial charge in [-0.2, -0.15) is 4.31 Å². The van der Waals surface area contributed by atoms with E-state index in [0.29, 0.717) is 24.7 Å². The molecule has 1 fully saturated rings. The second-order valence-electron chi connectivity index (χ2n) is 6.53. The minimum atomic E-state index is -3.79. The third-order valence-electron chi connectivity index (χ3n) is 4.45. The molecule has 0 unspecified atom stereocenters. The Morgan fingerprint density at radius 2 is 1.87 bits per heavy atom. The van der Waals surface area contributed by atoms with E-state index in [1.54, 1.807) is 17.5 Å². The predicted octanol–water partition coefficient (Wildman–Crippen LogP) is 3.35. The van der Waals surface area contributed by atoms with Gasteiger partial charge in [0, 0.05) is 19.2 Å². The quantitative estimate of drug-likeness (QED) is 0.602.